The number of nitrogens with zero attached hydrogens (tertiary/aromatic N) is 3. The summed E-state index contributed by atoms with van der Waals surface area (Å²) in [6, 6.07) is 44.9. The molecule has 8 heteroatoms. The molecule has 8 aromatic carbocycles. The van der Waals surface area contributed by atoms with Crippen molar-refractivity contribution in [2.75, 3.05) is 0 Å². The summed E-state index contributed by atoms with van der Waals surface area (Å²) in [5.41, 5.74) is 9.83. The molecule has 2 heterocycles. The Morgan fingerprint density at radius 3 is 1.16 bits per heavy atom. The number of rotatable bonds is 5. The van der Waals surface area contributed by atoms with Gasteiger partial charge in [-0.1, -0.05) is 119 Å². The number of fused-ring (bicyclic) bond motifs is 6. The minimum atomic E-state index is -2.25. The second kappa shape index (κ2) is 14.1. The maximum atomic E-state index is 16.0. The highest BCUT2D eigenvalue weighted by Crippen LogP contribution is 2.43. The first-order valence-corrected chi connectivity index (χ1v) is 19.8. The van der Waals surface area contributed by atoms with Gasteiger partial charge in [0.15, 0.2) is 23.3 Å². The molecule has 0 spiro atoms. The van der Waals surface area contributed by atoms with Crippen LogP contribution in [0, 0.1) is 68.1 Å². The van der Waals surface area contributed by atoms with Crippen molar-refractivity contribution in [1.29, 1.82) is 5.26 Å². The van der Waals surface area contributed by atoms with Gasteiger partial charge in [-0.15, -0.1) is 0 Å². The lowest BCUT2D eigenvalue weighted by Gasteiger charge is -2.19. The maximum absolute atomic E-state index is 16.0. The summed E-state index contributed by atoms with van der Waals surface area (Å²) in [7, 11) is 0. The van der Waals surface area contributed by atoms with E-state index < -0.39 is 34.6 Å². The van der Waals surface area contributed by atoms with Crippen LogP contribution in [0.5, 0.6) is 0 Å². The zero-order valence-electron chi connectivity index (χ0n) is 33.4. The summed E-state index contributed by atoms with van der Waals surface area (Å²) in [5, 5.41) is 14.7. The van der Waals surface area contributed by atoms with E-state index >= 15 is 17.6 Å². The van der Waals surface area contributed by atoms with Gasteiger partial charge in [0.25, 0.3) is 0 Å². The van der Waals surface area contributed by atoms with E-state index in [9.17, 15) is 9.65 Å². The Kier molecular flexibility index (Phi) is 8.70. The second-order valence-electron chi connectivity index (χ2n) is 15.9. The first-order chi connectivity index (χ1) is 29.4. The van der Waals surface area contributed by atoms with Gasteiger partial charge in [0.2, 0.25) is 5.82 Å². The molecule has 0 amide bonds. The van der Waals surface area contributed by atoms with Gasteiger partial charge in [0.05, 0.1) is 39.0 Å². The molecular weight excluding hydrogens is 774 g/mol. The van der Waals surface area contributed by atoms with Crippen LogP contribution in [0.2, 0.25) is 0 Å². The van der Waals surface area contributed by atoms with E-state index in [0.717, 1.165) is 66.1 Å². The van der Waals surface area contributed by atoms with Crippen LogP contribution in [-0.4, -0.2) is 9.13 Å². The highest BCUT2D eigenvalue weighted by atomic mass is 19.2. The Hall–Kier alpha value is -7.50. The zero-order valence-corrected chi connectivity index (χ0v) is 33.4. The van der Waals surface area contributed by atoms with Crippen molar-refractivity contribution in [3.8, 4) is 50.8 Å². The van der Waals surface area contributed by atoms with Crippen LogP contribution in [0.3, 0.4) is 0 Å². The quantitative estimate of drug-likeness (QED) is 0.0969. The van der Waals surface area contributed by atoms with Gasteiger partial charge < -0.3 is 9.13 Å². The monoisotopic (exact) mass is 807 g/mol. The fourth-order valence-corrected chi connectivity index (χ4v) is 9.18. The predicted octanol–water partition coefficient (Wildman–Crippen LogP) is 14.7. The molecular formula is C53H34F5N3. The average molecular weight is 808 g/mol. The number of hydrogen-bond donors (Lipinski definition) is 0. The minimum absolute atomic E-state index is 0.117. The van der Waals surface area contributed by atoms with Crippen molar-refractivity contribution in [2.24, 2.45) is 0 Å². The topological polar surface area (TPSA) is 33.6 Å². The van der Waals surface area contributed by atoms with Crippen LogP contribution in [0.4, 0.5) is 22.0 Å². The third-order valence-electron chi connectivity index (χ3n) is 11.6. The van der Waals surface area contributed by atoms with E-state index in [1.165, 1.54) is 12.1 Å². The lowest BCUT2D eigenvalue weighted by molar-refractivity contribution is 0.381. The normalized spacial score (nSPS) is 11.7. The predicted molar refractivity (Wildman–Crippen MR) is 235 cm³/mol. The Balaban J connectivity index is 1.37. The van der Waals surface area contributed by atoms with Crippen molar-refractivity contribution in [3.05, 3.63) is 190 Å². The Bertz CT molecular complexity index is 3290. The second-order valence-corrected chi connectivity index (χ2v) is 15.9. The SMILES string of the molecule is Cc1cc(C)cc(-c2ccc3c4ccccc4n(-c4cc(-c5c(F)c(F)c(F)c(F)c5F)cc(-n5c6ccccc6c6ccc(-c7cc(C)cc(C)c7)cc65)c4C#N)c3c2)c1. The van der Waals surface area contributed by atoms with Gasteiger partial charge in [-0.05, 0) is 91.9 Å². The third kappa shape index (κ3) is 5.91. The van der Waals surface area contributed by atoms with Crippen molar-refractivity contribution in [1.82, 2.24) is 9.13 Å². The highest BCUT2D eigenvalue weighted by Gasteiger charge is 2.30. The summed E-state index contributed by atoms with van der Waals surface area (Å²) in [4.78, 5) is 0. The molecule has 0 aliphatic heterocycles. The van der Waals surface area contributed by atoms with Crippen molar-refractivity contribution in [3.63, 3.8) is 0 Å². The van der Waals surface area contributed by atoms with Gasteiger partial charge in [0, 0.05) is 21.5 Å². The summed E-state index contributed by atoms with van der Waals surface area (Å²) >= 11 is 0. The molecule has 0 saturated heterocycles. The Labute approximate surface area is 347 Å². The third-order valence-corrected chi connectivity index (χ3v) is 11.6. The smallest absolute Gasteiger partial charge is 0.200 e. The molecule has 2 aromatic heterocycles. The number of benzene rings is 8. The number of aryl methyl sites for hydroxylation is 4. The molecule has 0 atom stereocenters. The van der Waals surface area contributed by atoms with Crippen molar-refractivity contribution in [2.45, 2.75) is 27.7 Å². The summed E-state index contributed by atoms with van der Waals surface area (Å²) < 4.78 is 80.6. The van der Waals surface area contributed by atoms with Crippen molar-refractivity contribution >= 4 is 43.6 Å². The number of aromatic nitrogens is 2. The van der Waals surface area contributed by atoms with Crippen LogP contribution in [-0.2, 0) is 0 Å². The van der Waals surface area contributed by atoms with Crippen LogP contribution >= 0.6 is 0 Å². The van der Waals surface area contributed by atoms with E-state index in [-0.39, 0.29) is 22.5 Å². The van der Waals surface area contributed by atoms with Crippen molar-refractivity contribution < 1.29 is 22.0 Å². The van der Waals surface area contributed by atoms with Crippen LogP contribution in [0.25, 0.3) is 88.4 Å². The summed E-state index contributed by atoms with van der Waals surface area (Å²) in [6.07, 6.45) is 0. The largest absolute Gasteiger partial charge is 0.308 e. The first-order valence-electron chi connectivity index (χ1n) is 19.8. The van der Waals surface area contributed by atoms with Crippen LogP contribution in [0.1, 0.15) is 27.8 Å². The molecule has 0 aliphatic carbocycles. The molecule has 3 nitrogen and oxygen atoms in total. The Morgan fingerprint density at radius 1 is 0.377 bits per heavy atom. The number of para-hydroxylation sites is 2. The first kappa shape index (κ1) is 37.7. The van der Waals surface area contributed by atoms with E-state index in [1.807, 2.05) is 122 Å². The van der Waals surface area contributed by atoms with Gasteiger partial charge in [-0.2, -0.15) is 5.26 Å². The van der Waals surface area contributed by atoms with Gasteiger partial charge in [-0.3, -0.25) is 0 Å². The molecule has 0 fully saturated rings. The molecule has 0 aliphatic rings. The van der Waals surface area contributed by atoms with E-state index in [4.69, 9.17) is 0 Å². The molecule has 0 bridgehead atoms. The molecule has 296 valence electrons. The lowest BCUT2D eigenvalue weighted by atomic mass is 9.97. The van der Waals surface area contributed by atoms with Gasteiger partial charge in [-0.25, -0.2) is 22.0 Å². The Morgan fingerprint density at radius 2 is 0.754 bits per heavy atom. The standard InChI is InChI=1S/C53H34F5N3/c1-28-17-29(2)20-34(19-28)32-13-15-39-37-9-5-7-11-42(37)60(44(39)23-32)46-25-36(48-49(54)51(56)53(58)52(57)50(48)55)26-47(41(46)27-59)61-43-12-8-6-10-38(43)40-16-14-33(24-45(40)61)35-21-30(3)18-31(4)22-35/h5-26H,1-4H3. The molecule has 0 radical (unpaired) electrons. The molecule has 0 saturated carbocycles. The van der Waals surface area contributed by atoms with Gasteiger partial charge in [0.1, 0.15) is 11.6 Å². The average Bonchev–Trinajstić information content (AvgIpc) is 3.76. The number of hydrogen-bond acceptors (Lipinski definition) is 1. The molecule has 0 unspecified atom stereocenters. The zero-order chi connectivity index (χ0) is 42.4. The number of halogens is 5. The summed E-state index contributed by atoms with van der Waals surface area (Å²) in [6.45, 7) is 8.10. The minimum Gasteiger partial charge on any atom is -0.308 e. The molecule has 61 heavy (non-hydrogen) atoms. The van der Waals surface area contributed by atoms with Gasteiger partial charge >= 0.3 is 0 Å². The number of nitriles is 1. The lowest BCUT2D eigenvalue weighted by Crippen LogP contribution is -2.08. The maximum Gasteiger partial charge on any atom is 0.200 e. The fourth-order valence-electron chi connectivity index (χ4n) is 9.18. The van der Waals surface area contributed by atoms with Crippen LogP contribution < -0.4 is 0 Å². The molecule has 0 N–H and O–H groups in total. The van der Waals surface area contributed by atoms with E-state index in [0.29, 0.717) is 22.1 Å². The molecule has 10 aromatic rings. The fraction of sp³-hybridized carbons (Fsp3) is 0.0755. The van der Waals surface area contributed by atoms with Crippen LogP contribution in [0.15, 0.2) is 133 Å². The van der Waals surface area contributed by atoms with E-state index in [1.54, 1.807) is 0 Å². The molecule has 10 rings (SSSR count). The van der Waals surface area contributed by atoms with E-state index in [2.05, 4.69) is 42.5 Å². The summed E-state index contributed by atoms with van der Waals surface area (Å²) in [5.74, 6) is -10.3. The highest BCUT2D eigenvalue weighted by molar-refractivity contribution is 6.12.